The van der Waals surface area contributed by atoms with Crippen molar-refractivity contribution in [3.8, 4) is 5.75 Å². The van der Waals surface area contributed by atoms with Gasteiger partial charge in [-0.05, 0) is 17.5 Å². The summed E-state index contributed by atoms with van der Waals surface area (Å²) in [6.07, 6.45) is 1.22. The lowest BCUT2D eigenvalue weighted by atomic mass is 9.96. The summed E-state index contributed by atoms with van der Waals surface area (Å²) in [7, 11) is 0. The zero-order chi connectivity index (χ0) is 11.7. The Hall–Kier alpha value is -2.04. The smallest absolute Gasteiger partial charge is 0.303 e. The zero-order valence-electron chi connectivity index (χ0n) is 8.67. The Labute approximate surface area is 91.3 Å². The molecule has 0 saturated heterocycles. The molecule has 0 radical (unpaired) electrons. The van der Waals surface area contributed by atoms with Crippen LogP contribution < -0.4 is 0 Å². The monoisotopic (exact) mass is 221 g/mol. The SMILES string of the molecule is CC(CC(=O)O)c1ccc2ocnc2c1O. The van der Waals surface area contributed by atoms with Crippen LogP contribution in [0, 0.1) is 0 Å². The zero-order valence-corrected chi connectivity index (χ0v) is 8.67. The molecule has 5 heteroatoms. The summed E-state index contributed by atoms with van der Waals surface area (Å²) >= 11 is 0. The Bertz CT molecular complexity index is 532. The second-order valence-corrected chi connectivity index (χ2v) is 3.70. The van der Waals surface area contributed by atoms with Crippen molar-refractivity contribution >= 4 is 17.1 Å². The number of hydrogen-bond donors (Lipinski definition) is 2. The second-order valence-electron chi connectivity index (χ2n) is 3.70. The molecule has 0 aliphatic carbocycles. The summed E-state index contributed by atoms with van der Waals surface area (Å²) in [6, 6.07) is 3.34. The molecular formula is C11H11NO4. The summed E-state index contributed by atoms with van der Waals surface area (Å²) < 4.78 is 5.03. The molecule has 0 aliphatic rings. The molecule has 84 valence electrons. The van der Waals surface area contributed by atoms with Gasteiger partial charge in [0.1, 0.15) is 5.75 Å². The number of carbonyl (C=O) groups is 1. The molecule has 5 nitrogen and oxygen atoms in total. The predicted molar refractivity (Wildman–Crippen MR) is 56.3 cm³/mol. The van der Waals surface area contributed by atoms with Crippen molar-refractivity contribution in [3.63, 3.8) is 0 Å². The van der Waals surface area contributed by atoms with Crippen LogP contribution in [0.1, 0.15) is 24.8 Å². The molecule has 2 aromatic rings. The van der Waals surface area contributed by atoms with Gasteiger partial charge in [0.25, 0.3) is 0 Å². The van der Waals surface area contributed by atoms with E-state index in [1.807, 2.05) is 0 Å². The predicted octanol–water partition coefficient (Wildman–Crippen LogP) is 2.11. The number of aliphatic carboxylic acids is 1. The molecule has 0 bridgehead atoms. The molecule has 0 spiro atoms. The van der Waals surface area contributed by atoms with Crippen LogP contribution in [0.25, 0.3) is 11.1 Å². The van der Waals surface area contributed by atoms with Crippen LogP contribution in [-0.2, 0) is 4.79 Å². The average Bonchev–Trinajstić information content (AvgIpc) is 2.65. The van der Waals surface area contributed by atoms with Crippen LogP contribution >= 0.6 is 0 Å². The fraction of sp³-hybridized carbons (Fsp3) is 0.273. The maximum atomic E-state index is 10.6. The van der Waals surface area contributed by atoms with Crippen LogP contribution in [0.15, 0.2) is 22.9 Å². The molecule has 1 aromatic carbocycles. The van der Waals surface area contributed by atoms with E-state index >= 15 is 0 Å². The fourth-order valence-electron chi connectivity index (χ4n) is 1.70. The number of carboxylic acids is 1. The van der Waals surface area contributed by atoms with Crippen molar-refractivity contribution < 1.29 is 19.4 Å². The second kappa shape index (κ2) is 3.84. The van der Waals surface area contributed by atoms with Crippen molar-refractivity contribution in [3.05, 3.63) is 24.1 Å². The van der Waals surface area contributed by atoms with Crippen LogP contribution in [0.2, 0.25) is 0 Å². The number of benzene rings is 1. The van der Waals surface area contributed by atoms with E-state index in [9.17, 15) is 9.90 Å². The highest BCUT2D eigenvalue weighted by Crippen LogP contribution is 2.33. The Morgan fingerprint density at radius 3 is 3.00 bits per heavy atom. The van der Waals surface area contributed by atoms with Crippen molar-refractivity contribution in [2.45, 2.75) is 19.3 Å². The van der Waals surface area contributed by atoms with Gasteiger partial charge in [-0.3, -0.25) is 4.79 Å². The van der Waals surface area contributed by atoms with Crippen LogP contribution in [0.5, 0.6) is 5.75 Å². The third-order valence-electron chi connectivity index (χ3n) is 2.52. The number of hydrogen-bond acceptors (Lipinski definition) is 4. The molecule has 2 rings (SSSR count). The molecule has 2 N–H and O–H groups in total. The number of phenolic OH excluding ortho intramolecular Hbond substituents is 1. The molecular weight excluding hydrogens is 210 g/mol. The Morgan fingerprint density at radius 2 is 2.31 bits per heavy atom. The van der Waals surface area contributed by atoms with Crippen LogP contribution in [0.4, 0.5) is 0 Å². The number of carboxylic acid groups (broad SMARTS) is 1. The lowest BCUT2D eigenvalue weighted by Gasteiger charge is -2.10. The number of aromatic hydroxyl groups is 1. The van der Waals surface area contributed by atoms with Gasteiger partial charge < -0.3 is 14.6 Å². The van der Waals surface area contributed by atoms with Gasteiger partial charge in [0, 0.05) is 0 Å². The largest absolute Gasteiger partial charge is 0.505 e. The highest BCUT2D eigenvalue weighted by atomic mass is 16.4. The molecule has 1 unspecified atom stereocenters. The van der Waals surface area contributed by atoms with Gasteiger partial charge in [-0.15, -0.1) is 0 Å². The summed E-state index contributed by atoms with van der Waals surface area (Å²) in [5, 5.41) is 18.6. The van der Waals surface area contributed by atoms with Gasteiger partial charge in [0.05, 0.1) is 6.42 Å². The lowest BCUT2D eigenvalue weighted by molar-refractivity contribution is -0.137. The summed E-state index contributed by atoms with van der Waals surface area (Å²) in [5.74, 6) is -1.16. The van der Waals surface area contributed by atoms with E-state index in [4.69, 9.17) is 9.52 Å². The Morgan fingerprint density at radius 1 is 1.56 bits per heavy atom. The molecule has 0 saturated carbocycles. The Balaban J connectivity index is 2.44. The molecule has 1 atom stereocenters. The minimum atomic E-state index is -0.896. The Kier molecular flexibility index (Phi) is 2.52. The van der Waals surface area contributed by atoms with E-state index in [-0.39, 0.29) is 18.1 Å². The minimum absolute atomic E-state index is 0.000000000000000222. The van der Waals surface area contributed by atoms with Crippen LogP contribution in [-0.4, -0.2) is 21.2 Å². The lowest BCUT2D eigenvalue weighted by Crippen LogP contribution is -2.03. The van der Waals surface area contributed by atoms with E-state index in [1.165, 1.54) is 6.39 Å². The highest BCUT2D eigenvalue weighted by molar-refractivity contribution is 5.81. The number of oxazole rings is 1. The van der Waals surface area contributed by atoms with E-state index in [1.54, 1.807) is 19.1 Å². The number of rotatable bonds is 3. The number of phenols is 1. The fourth-order valence-corrected chi connectivity index (χ4v) is 1.70. The summed E-state index contributed by atoms with van der Waals surface area (Å²) in [5.41, 5.74) is 1.43. The number of fused-ring (bicyclic) bond motifs is 1. The molecule has 0 fully saturated rings. The topological polar surface area (TPSA) is 83.6 Å². The van der Waals surface area contributed by atoms with E-state index in [2.05, 4.69) is 4.98 Å². The first-order valence-corrected chi connectivity index (χ1v) is 4.86. The van der Waals surface area contributed by atoms with Gasteiger partial charge in [0.15, 0.2) is 17.5 Å². The van der Waals surface area contributed by atoms with E-state index in [0.717, 1.165) is 0 Å². The van der Waals surface area contributed by atoms with Crippen molar-refractivity contribution in [1.82, 2.24) is 4.98 Å². The number of aromatic nitrogens is 1. The van der Waals surface area contributed by atoms with Crippen LogP contribution in [0.3, 0.4) is 0 Å². The molecule has 16 heavy (non-hydrogen) atoms. The van der Waals surface area contributed by atoms with E-state index < -0.39 is 5.97 Å². The average molecular weight is 221 g/mol. The normalized spacial score (nSPS) is 12.8. The quantitative estimate of drug-likeness (QED) is 0.829. The first-order chi connectivity index (χ1) is 7.59. The van der Waals surface area contributed by atoms with Gasteiger partial charge in [-0.2, -0.15) is 0 Å². The van der Waals surface area contributed by atoms with Gasteiger partial charge in [-0.1, -0.05) is 13.0 Å². The van der Waals surface area contributed by atoms with Crippen molar-refractivity contribution in [2.24, 2.45) is 0 Å². The number of nitrogens with zero attached hydrogens (tertiary/aromatic N) is 1. The van der Waals surface area contributed by atoms with E-state index in [0.29, 0.717) is 16.7 Å². The van der Waals surface area contributed by atoms with Gasteiger partial charge in [-0.25, -0.2) is 4.98 Å². The van der Waals surface area contributed by atoms with Crippen molar-refractivity contribution in [2.75, 3.05) is 0 Å². The maximum absolute atomic E-state index is 10.6. The molecule has 1 aromatic heterocycles. The summed E-state index contributed by atoms with van der Waals surface area (Å²) in [4.78, 5) is 14.5. The minimum Gasteiger partial charge on any atom is -0.505 e. The first-order valence-electron chi connectivity index (χ1n) is 4.86. The first kappa shape index (κ1) is 10.5. The maximum Gasteiger partial charge on any atom is 0.303 e. The van der Waals surface area contributed by atoms with Crippen molar-refractivity contribution in [1.29, 1.82) is 0 Å². The van der Waals surface area contributed by atoms with Gasteiger partial charge >= 0.3 is 5.97 Å². The third-order valence-corrected chi connectivity index (χ3v) is 2.52. The molecule has 1 heterocycles. The molecule has 0 aliphatic heterocycles. The van der Waals surface area contributed by atoms with Gasteiger partial charge in [0.2, 0.25) is 0 Å². The highest BCUT2D eigenvalue weighted by Gasteiger charge is 2.17. The molecule has 0 amide bonds. The third kappa shape index (κ3) is 1.71. The summed E-state index contributed by atoms with van der Waals surface area (Å²) in [6.45, 7) is 1.75. The standard InChI is InChI=1S/C11H11NO4/c1-6(4-9(13)14)7-2-3-8-10(11(7)15)12-5-16-8/h2-3,5-6,15H,4H2,1H3,(H,13,14).